The SMILES string of the molecule is CCCC(C)(O)CNC(=O)CSCC(=O)N1CCOCC1. The first-order valence-electron chi connectivity index (χ1n) is 7.37. The molecule has 0 spiro atoms. The van der Waals surface area contributed by atoms with Crippen molar-refractivity contribution in [2.24, 2.45) is 0 Å². The molecule has 0 bridgehead atoms. The molecule has 0 saturated carbocycles. The van der Waals surface area contributed by atoms with Gasteiger partial charge in [0, 0.05) is 19.6 Å². The molecule has 2 amide bonds. The van der Waals surface area contributed by atoms with E-state index in [1.165, 1.54) is 11.8 Å². The smallest absolute Gasteiger partial charge is 0.232 e. The van der Waals surface area contributed by atoms with Crippen molar-refractivity contribution in [1.29, 1.82) is 0 Å². The average Bonchev–Trinajstić information content (AvgIpc) is 2.46. The van der Waals surface area contributed by atoms with Gasteiger partial charge in [0.15, 0.2) is 0 Å². The molecule has 2 N–H and O–H groups in total. The number of nitrogens with one attached hydrogen (secondary N) is 1. The number of hydrogen-bond donors (Lipinski definition) is 2. The molecule has 1 atom stereocenters. The first-order valence-corrected chi connectivity index (χ1v) is 8.52. The van der Waals surface area contributed by atoms with E-state index in [4.69, 9.17) is 4.74 Å². The van der Waals surface area contributed by atoms with E-state index in [9.17, 15) is 14.7 Å². The fourth-order valence-electron chi connectivity index (χ4n) is 2.10. The van der Waals surface area contributed by atoms with Gasteiger partial charge in [0.1, 0.15) is 0 Å². The Labute approximate surface area is 130 Å². The third-order valence-electron chi connectivity index (χ3n) is 3.28. The number of thioether (sulfide) groups is 1. The van der Waals surface area contributed by atoms with Crippen molar-refractivity contribution < 1.29 is 19.4 Å². The Balaban J connectivity index is 2.14. The number of hydrogen-bond acceptors (Lipinski definition) is 5. The molecule has 0 radical (unpaired) electrons. The van der Waals surface area contributed by atoms with Gasteiger partial charge in [-0.25, -0.2) is 0 Å². The van der Waals surface area contributed by atoms with Gasteiger partial charge in [0.25, 0.3) is 0 Å². The third kappa shape index (κ3) is 7.68. The van der Waals surface area contributed by atoms with Crippen LogP contribution in [0.4, 0.5) is 0 Å². The van der Waals surface area contributed by atoms with E-state index in [2.05, 4.69) is 5.32 Å². The van der Waals surface area contributed by atoms with Crippen molar-refractivity contribution in [1.82, 2.24) is 10.2 Å². The molecule has 0 aromatic carbocycles. The summed E-state index contributed by atoms with van der Waals surface area (Å²) in [6, 6.07) is 0. The van der Waals surface area contributed by atoms with Crippen LogP contribution in [0.3, 0.4) is 0 Å². The van der Waals surface area contributed by atoms with Crippen molar-refractivity contribution in [3.8, 4) is 0 Å². The van der Waals surface area contributed by atoms with Gasteiger partial charge in [0.2, 0.25) is 11.8 Å². The van der Waals surface area contributed by atoms with E-state index < -0.39 is 5.60 Å². The zero-order valence-electron chi connectivity index (χ0n) is 12.9. The summed E-state index contributed by atoms with van der Waals surface area (Å²) < 4.78 is 5.19. The Morgan fingerprint density at radius 3 is 2.62 bits per heavy atom. The maximum atomic E-state index is 11.9. The fraction of sp³-hybridized carbons (Fsp3) is 0.857. The Morgan fingerprint density at radius 1 is 1.33 bits per heavy atom. The number of rotatable bonds is 8. The van der Waals surface area contributed by atoms with Gasteiger partial charge in [-0.05, 0) is 13.3 Å². The quantitative estimate of drug-likeness (QED) is 0.670. The molecule has 1 rings (SSSR count). The maximum Gasteiger partial charge on any atom is 0.232 e. The summed E-state index contributed by atoms with van der Waals surface area (Å²) in [5.41, 5.74) is -0.862. The van der Waals surface area contributed by atoms with Gasteiger partial charge in [-0.3, -0.25) is 9.59 Å². The first kappa shape index (κ1) is 18.3. The standard InChI is InChI=1S/C14H26N2O4S/c1-3-4-14(2,19)11-15-12(17)9-21-10-13(18)16-5-7-20-8-6-16/h19H,3-11H2,1-2H3,(H,15,17). The molecule has 7 heteroatoms. The Bertz CT molecular complexity index is 344. The number of aliphatic hydroxyl groups is 1. The molecular weight excluding hydrogens is 292 g/mol. The highest BCUT2D eigenvalue weighted by molar-refractivity contribution is 8.00. The minimum absolute atomic E-state index is 0.0501. The molecule has 21 heavy (non-hydrogen) atoms. The van der Waals surface area contributed by atoms with Gasteiger partial charge in [-0.15, -0.1) is 11.8 Å². The fourth-order valence-corrected chi connectivity index (χ4v) is 2.85. The van der Waals surface area contributed by atoms with Crippen molar-refractivity contribution >= 4 is 23.6 Å². The Hall–Kier alpha value is -0.790. The second-order valence-corrected chi connectivity index (χ2v) is 6.50. The minimum Gasteiger partial charge on any atom is -0.388 e. The molecular formula is C14H26N2O4S. The second-order valence-electron chi connectivity index (χ2n) is 5.51. The number of nitrogens with zero attached hydrogens (tertiary/aromatic N) is 1. The normalized spacial score (nSPS) is 18.1. The van der Waals surface area contributed by atoms with Crippen LogP contribution in [0, 0.1) is 0 Å². The highest BCUT2D eigenvalue weighted by Crippen LogP contribution is 2.10. The van der Waals surface area contributed by atoms with Crippen LogP contribution in [-0.2, 0) is 14.3 Å². The van der Waals surface area contributed by atoms with E-state index in [1.54, 1.807) is 11.8 Å². The summed E-state index contributed by atoms with van der Waals surface area (Å²) >= 11 is 1.30. The van der Waals surface area contributed by atoms with Crippen LogP contribution in [0.1, 0.15) is 26.7 Å². The molecule has 6 nitrogen and oxygen atoms in total. The minimum atomic E-state index is -0.862. The van der Waals surface area contributed by atoms with Crippen LogP contribution < -0.4 is 5.32 Å². The number of ether oxygens (including phenoxy) is 1. The van der Waals surface area contributed by atoms with Gasteiger partial charge >= 0.3 is 0 Å². The lowest BCUT2D eigenvalue weighted by Crippen LogP contribution is -2.42. The zero-order chi connectivity index (χ0) is 15.7. The van der Waals surface area contributed by atoms with Crippen molar-refractivity contribution in [2.75, 3.05) is 44.4 Å². The Morgan fingerprint density at radius 2 is 2.00 bits per heavy atom. The van der Waals surface area contributed by atoms with E-state index >= 15 is 0 Å². The predicted octanol–water partition coefficient (Wildman–Crippen LogP) is 0.246. The number of morpholine rings is 1. The van der Waals surface area contributed by atoms with Crippen LogP contribution >= 0.6 is 11.8 Å². The van der Waals surface area contributed by atoms with Crippen molar-refractivity contribution in [3.05, 3.63) is 0 Å². The largest absolute Gasteiger partial charge is 0.388 e. The topological polar surface area (TPSA) is 78.9 Å². The lowest BCUT2D eigenvalue weighted by molar-refractivity contribution is -0.132. The molecule has 122 valence electrons. The molecule has 0 aromatic rings. The van der Waals surface area contributed by atoms with Crippen LogP contribution in [0.25, 0.3) is 0 Å². The summed E-state index contributed by atoms with van der Waals surface area (Å²) in [7, 11) is 0. The van der Waals surface area contributed by atoms with Crippen molar-refractivity contribution in [2.45, 2.75) is 32.3 Å². The first-order chi connectivity index (χ1) is 9.94. The second kappa shape index (κ2) is 9.27. The number of carbonyl (C=O) groups is 2. The monoisotopic (exact) mass is 318 g/mol. The summed E-state index contributed by atoms with van der Waals surface area (Å²) in [4.78, 5) is 25.3. The highest BCUT2D eigenvalue weighted by Gasteiger charge is 2.20. The van der Waals surface area contributed by atoms with Crippen LogP contribution in [0.5, 0.6) is 0 Å². The van der Waals surface area contributed by atoms with Crippen LogP contribution in [0.15, 0.2) is 0 Å². The van der Waals surface area contributed by atoms with E-state index in [0.717, 1.165) is 6.42 Å². The van der Waals surface area contributed by atoms with Gasteiger partial charge < -0.3 is 20.1 Å². The van der Waals surface area contributed by atoms with Crippen LogP contribution in [-0.4, -0.2) is 71.8 Å². The molecule has 0 aliphatic carbocycles. The molecule has 1 saturated heterocycles. The van der Waals surface area contributed by atoms with Gasteiger partial charge in [-0.2, -0.15) is 0 Å². The maximum absolute atomic E-state index is 11.9. The van der Waals surface area contributed by atoms with Gasteiger partial charge in [0.05, 0.1) is 30.3 Å². The summed E-state index contributed by atoms with van der Waals surface area (Å²) in [6.45, 7) is 6.39. The third-order valence-corrected chi connectivity index (χ3v) is 4.19. The zero-order valence-corrected chi connectivity index (χ0v) is 13.7. The van der Waals surface area contributed by atoms with E-state index in [1.807, 2.05) is 6.92 Å². The molecule has 1 unspecified atom stereocenters. The van der Waals surface area contributed by atoms with Crippen LogP contribution in [0.2, 0.25) is 0 Å². The summed E-state index contributed by atoms with van der Waals surface area (Å²) in [5.74, 6) is 0.442. The lowest BCUT2D eigenvalue weighted by atomic mass is 10.0. The molecule has 0 aromatic heterocycles. The van der Waals surface area contributed by atoms with Crippen molar-refractivity contribution in [3.63, 3.8) is 0 Å². The lowest BCUT2D eigenvalue weighted by Gasteiger charge is -2.26. The molecule has 1 aliphatic heterocycles. The molecule has 1 heterocycles. The highest BCUT2D eigenvalue weighted by atomic mass is 32.2. The number of amides is 2. The predicted molar refractivity (Wildman–Crippen MR) is 83.3 cm³/mol. The average molecular weight is 318 g/mol. The van der Waals surface area contributed by atoms with Gasteiger partial charge in [-0.1, -0.05) is 13.3 Å². The molecule has 1 aliphatic rings. The number of carbonyl (C=O) groups excluding carboxylic acids is 2. The summed E-state index contributed by atoms with van der Waals surface area (Å²) in [5, 5.41) is 12.7. The Kier molecular flexibility index (Phi) is 8.06. The molecule has 1 fully saturated rings. The van der Waals surface area contributed by atoms with E-state index in [0.29, 0.717) is 38.5 Å². The summed E-state index contributed by atoms with van der Waals surface area (Å²) in [6.07, 6.45) is 1.52. The van der Waals surface area contributed by atoms with E-state index in [-0.39, 0.29) is 24.1 Å².